The Balaban J connectivity index is 0.00000242. The molecule has 0 fully saturated rings. The Kier molecular flexibility index (Phi) is 6.86. The highest BCUT2D eigenvalue weighted by molar-refractivity contribution is 5.85. The van der Waals surface area contributed by atoms with Gasteiger partial charge in [0.05, 0.1) is 0 Å². The summed E-state index contributed by atoms with van der Waals surface area (Å²) in [5.74, 6) is 0. The molecule has 0 atom stereocenters. The lowest BCUT2D eigenvalue weighted by molar-refractivity contribution is -0.141. The van der Waals surface area contributed by atoms with Gasteiger partial charge in [-0.3, -0.25) is 10.00 Å². The Hall–Kier alpha value is -1.57. The van der Waals surface area contributed by atoms with E-state index in [1.165, 1.54) is 0 Å². The smallest absolute Gasteiger partial charge is 0.329 e. The highest BCUT2D eigenvalue weighted by atomic mass is 35.5. The molecule has 0 amide bonds. The van der Waals surface area contributed by atoms with Gasteiger partial charge in [0.1, 0.15) is 0 Å². The summed E-state index contributed by atoms with van der Waals surface area (Å²) in [6, 6.07) is 10.7. The molecule has 3 N–H and O–H groups in total. The molecule has 0 spiro atoms. The molecule has 22 heavy (non-hydrogen) atoms. The molecule has 0 saturated carbocycles. The van der Waals surface area contributed by atoms with Crippen molar-refractivity contribution in [3.8, 4) is 0 Å². The van der Waals surface area contributed by atoms with Gasteiger partial charge in [-0.1, -0.05) is 30.3 Å². The summed E-state index contributed by atoms with van der Waals surface area (Å²) in [7, 11) is 0. The van der Waals surface area contributed by atoms with Gasteiger partial charge in [-0.15, -0.1) is 12.4 Å². The van der Waals surface area contributed by atoms with Crippen molar-refractivity contribution in [2.24, 2.45) is 5.73 Å². The zero-order valence-electron chi connectivity index (χ0n) is 11.8. The number of nitrogens with one attached hydrogen (secondary N) is 1. The number of benzene rings is 1. The van der Waals surface area contributed by atoms with Gasteiger partial charge in [0.15, 0.2) is 5.69 Å². The second kappa shape index (κ2) is 8.17. The van der Waals surface area contributed by atoms with Gasteiger partial charge >= 0.3 is 6.18 Å². The fourth-order valence-corrected chi connectivity index (χ4v) is 2.07. The van der Waals surface area contributed by atoms with Crippen LogP contribution in [0.15, 0.2) is 36.4 Å². The van der Waals surface area contributed by atoms with Crippen molar-refractivity contribution >= 4 is 12.4 Å². The molecule has 1 aromatic carbocycles. The summed E-state index contributed by atoms with van der Waals surface area (Å²) < 4.78 is 37.6. The molecular weight excluding hydrogens is 317 g/mol. The van der Waals surface area contributed by atoms with Crippen LogP contribution in [0.5, 0.6) is 0 Å². The monoisotopic (exact) mass is 334 g/mol. The van der Waals surface area contributed by atoms with E-state index in [9.17, 15) is 13.2 Å². The molecule has 122 valence electrons. The maximum absolute atomic E-state index is 12.5. The maximum Gasteiger partial charge on any atom is 0.435 e. The third-order valence-electron chi connectivity index (χ3n) is 3.01. The van der Waals surface area contributed by atoms with Crippen LogP contribution in [0.3, 0.4) is 0 Å². The van der Waals surface area contributed by atoms with Crippen molar-refractivity contribution in [2.45, 2.75) is 19.3 Å². The fraction of sp³-hybridized carbons (Fsp3) is 0.357. The topological polar surface area (TPSA) is 57.9 Å². The van der Waals surface area contributed by atoms with Crippen LogP contribution in [0.4, 0.5) is 13.2 Å². The SMILES string of the molecule is Cl.NCCN(Cc1ccccc1)Cc1cc(C(F)(F)F)n[nH]1. The lowest BCUT2D eigenvalue weighted by Crippen LogP contribution is -2.28. The van der Waals surface area contributed by atoms with Crippen LogP contribution >= 0.6 is 12.4 Å². The summed E-state index contributed by atoms with van der Waals surface area (Å²) in [6.45, 7) is 2.00. The Morgan fingerprint density at radius 3 is 2.36 bits per heavy atom. The third-order valence-corrected chi connectivity index (χ3v) is 3.01. The second-order valence-electron chi connectivity index (χ2n) is 4.76. The van der Waals surface area contributed by atoms with E-state index >= 15 is 0 Å². The third kappa shape index (κ3) is 5.32. The molecule has 8 heteroatoms. The van der Waals surface area contributed by atoms with E-state index in [0.717, 1.165) is 11.6 Å². The number of aromatic amines is 1. The predicted octanol–water partition coefficient (Wildman–Crippen LogP) is 2.81. The van der Waals surface area contributed by atoms with Gasteiger partial charge in [-0.25, -0.2) is 0 Å². The van der Waals surface area contributed by atoms with Crippen molar-refractivity contribution in [2.75, 3.05) is 13.1 Å². The minimum atomic E-state index is -4.42. The zero-order chi connectivity index (χ0) is 15.3. The number of halogens is 4. The van der Waals surface area contributed by atoms with Crippen LogP contribution in [-0.2, 0) is 19.3 Å². The average molecular weight is 335 g/mol. The second-order valence-corrected chi connectivity index (χ2v) is 4.76. The van der Waals surface area contributed by atoms with Crippen LogP contribution in [0, 0.1) is 0 Å². The molecule has 0 aliphatic rings. The first-order valence-electron chi connectivity index (χ1n) is 6.57. The molecule has 0 bridgehead atoms. The molecule has 0 aliphatic heterocycles. The van der Waals surface area contributed by atoms with E-state index in [2.05, 4.69) is 10.2 Å². The first kappa shape index (κ1) is 18.5. The highest BCUT2D eigenvalue weighted by Gasteiger charge is 2.33. The molecule has 2 rings (SSSR count). The van der Waals surface area contributed by atoms with E-state index in [-0.39, 0.29) is 12.4 Å². The number of alkyl halides is 3. The summed E-state index contributed by atoms with van der Waals surface area (Å²) in [5.41, 5.74) is 6.17. The van der Waals surface area contributed by atoms with E-state index in [4.69, 9.17) is 5.73 Å². The summed E-state index contributed by atoms with van der Waals surface area (Å²) in [6.07, 6.45) is -4.42. The number of rotatable bonds is 6. The van der Waals surface area contributed by atoms with Gasteiger partial charge < -0.3 is 5.73 Å². The Labute approximate surface area is 132 Å². The quantitative estimate of drug-likeness (QED) is 0.854. The maximum atomic E-state index is 12.5. The summed E-state index contributed by atoms with van der Waals surface area (Å²) in [4.78, 5) is 1.98. The van der Waals surface area contributed by atoms with Crippen molar-refractivity contribution in [3.63, 3.8) is 0 Å². The predicted molar refractivity (Wildman–Crippen MR) is 80.4 cm³/mol. The molecule has 1 heterocycles. The zero-order valence-corrected chi connectivity index (χ0v) is 12.6. The van der Waals surface area contributed by atoms with Crippen LogP contribution in [0.2, 0.25) is 0 Å². The van der Waals surface area contributed by atoms with Crippen molar-refractivity contribution in [1.82, 2.24) is 15.1 Å². The lowest BCUT2D eigenvalue weighted by atomic mass is 10.2. The number of nitrogens with two attached hydrogens (primary N) is 1. The first-order valence-corrected chi connectivity index (χ1v) is 6.57. The van der Waals surface area contributed by atoms with Crippen molar-refractivity contribution in [3.05, 3.63) is 53.3 Å². The largest absolute Gasteiger partial charge is 0.435 e. The minimum absolute atomic E-state index is 0. The van der Waals surface area contributed by atoms with Crippen LogP contribution < -0.4 is 5.73 Å². The van der Waals surface area contributed by atoms with Gasteiger partial charge in [0, 0.05) is 31.9 Å². The van der Waals surface area contributed by atoms with E-state index < -0.39 is 11.9 Å². The molecular formula is C14H18ClF3N4. The molecule has 2 aromatic rings. The first-order chi connectivity index (χ1) is 9.99. The van der Waals surface area contributed by atoms with Gasteiger partial charge in [0.2, 0.25) is 0 Å². The van der Waals surface area contributed by atoms with E-state index in [1.807, 2.05) is 35.2 Å². The van der Waals surface area contributed by atoms with E-state index in [0.29, 0.717) is 31.9 Å². The fourth-order valence-electron chi connectivity index (χ4n) is 2.07. The number of hydrogen-bond donors (Lipinski definition) is 2. The van der Waals surface area contributed by atoms with Crippen LogP contribution in [0.1, 0.15) is 17.0 Å². The van der Waals surface area contributed by atoms with Crippen LogP contribution in [-0.4, -0.2) is 28.2 Å². The summed E-state index contributed by atoms with van der Waals surface area (Å²) >= 11 is 0. The highest BCUT2D eigenvalue weighted by Crippen LogP contribution is 2.27. The molecule has 0 unspecified atom stereocenters. The molecule has 0 saturated heterocycles. The number of nitrogens with zero attached hydrogens (tertiary/aromatic N) is 2. The molecule has 0 radical (unpaired) electrons. The van der Waals surface area contributed by atoms with Gasteiger partial charge in [-0.05, 0) is 11.6 Å². The molecule has 1 aromatic heterocycles. The number of hydrogen-bond acceptors (Lipinski definition) is 3. The van der Waals surface area contributed by atoms with Crippen molar-refractivity contribution in [1.29, 1.82) is 0 Å². The number of aromatic nitrogens is 2. The molecule has 0 aliphatic carbocycles. The van der Waals surface area contributed by atoms with Gasteiger partial charge in [0.25, 0.3) is 0 Å². The Morgan fingerprint density at radius 2 is 1.82 bits per heavy atom. The van der Waals surface area contributed by atoms with Crippen LogP contribution in [0.25, 0.3) is 0 Å². The molecule has 4 nitrogen and oxygen atoms in total. The standard InChI is InChI=1S/C14H17F3N4.ClH/c15-14(16,17)13-8-12(19-20-13)10-21(7-6-18)9-11-4-2-1-3-5-11;/h1-5,8H,6-7,9-10,18H2,(H,19,20);1H. The average Bonchev–Trinajstić information content (AvgIpc) is 2.89. The number of H-pyrrole nitrogens is 1. The Morgan fingerprint density at radius 1 is 1.14 bits per heavy atom. The van der Waals surface area contributed by atoms with Gasteiger partial charge in [-0.2, -0.15) is 18.3 Å². The lowest BCUT2D eigenvalue weighted by Gasteiger charge is -2.20. The normalized spacial score (nSPS) is 11.5. The van der Waals surface area contributed by atoms with E-state index in [1.54, 1.807) is 0 Å². The Bertz CT molecular complexity index is 557. The minimum Gasteiger partial charge on any atom is -0.329 e. The van der Waals surface area contributed by atoms with Crippen molar-refractivity contribution < 1.29 is 13.2 Å². The summed E-state index contributed by atoms with van der Waals surface area (Å²) in [5, 5.41) is 5.73.